The molecule has 19 heavy (non-hydrogen) atoms. The summed E-state index contributed by atoms with van der Waals surface area (Å²) in [6.45, 7) is 4.20. The number of fused-ring (bicyclic) bond motifs is 1. The van der Waals surface area contributed by atoms with Gasteiger partial charge in [-0.25, -0.2) is 0 Å². The van der Waals surface area contributed by atoms with E-state index in [1.807, 2.05) is 26.0 Å². The van der Waals surface area contributed by atoms with Crippen LogP contribution in [0.15, 0.2) is 36.4 Å². The van der Waals surface area contributed by atoms with E-state index in [9.17, 15) is 4.79 Å². The summed E-state index contributed by atoms with van der Waals surface area (Å²) < 4.78 is 10.5. The van der Waals surface area contributed by atoms with Crippen LogP contribution in [0.5, 0.6) is 11.5 Å². The van der Waals surface area contributed by atoms with Gasteiger partial charge in [-0.3, -0.25) is 4.79 Å². The molecule has 2 aromatic carbocycles. The van der Waals surface area contributed by atoms with Crippen LogP contribution in [0, 0.1) is 13.8 Å². The fraction of sp³-hybridized carbons (Fsp3) is 0.188. The Kier molecular flexibility index (Phi) is 2.75. The van der Waals surface area contributed by atoms with Gasteiger partial charge in [0.1, 0.15) is 0 Å². The number of aryl methyl sites for hydroxylation is 2. The average molecular weight is 254 g/mol. The molecule has 0 amide bonds. The molecule has 0 aliphatic carbocycles. The van der Waals surface area contributed by atoms with E-state index in [2.05, 4.69) is 6.07 Å². The van der Waals surface area contributed by atoms with E-state index in [1.54, 1.807) is 18.2 Å². The van der Waals surface area contributed by atoms with E-state index >= 15 is 0 Å². The Morgan fingerprint density at radius 1 is 0.895 bits per heavy atom. The molecule has 0 bridgehead atoms. The minimum atomic E-state index is 0.00472. The van der Waals surface area contributed by atoms with Gasteiger partial charge in [-0.1, -0.05) is 17.2 Å². The Labute approximate surface area is 111 Å². The van der Waals surface area contributed by atoms with E-state index in [0.29, 0.717) is 22.6 Å². The number of carbonyl (C=O) groups excluding carboxylic acids is 1. The lowest BCUT2D eigenvalue weighted by Gasteiger charge is -2.05. The minimum Gasteiger partial charge on any atom is -0.454 e. The van der Waals surface area contributed by atoms with Crippen molar-refractivity contribution in [2.45, 2.75) is 13.8 Å². The lowest BCUT2D eigenvalue weighted by Crippen LogP contribution is -2.02. The van der Waals surface area contributed by atoms with Crippen molar-refractivity contribution in [3.8, 4) is 11.5 Å². The summed E-state index contributed by atoms with van der Waals surface area (Å²) in [6, 6.07) is 11.1. The summed E-state index contributed by atoms with van der Waals surface area (Å²) in [7, 11) is 0. The molecule has 1 aliphatic rings. The number of hydrogen-bond acceptors (Lipinski definition) is 3. The predicted molar refractivity (Wildman–Crippen MR) is 71.9 cm³/mol. The maximum absolute atomic E-state index is 12.5. The molecule has 2 aromatic rings. The second-order valence-corrected chi connectivity index (χ2v) is 4.77. The predicted octanol–water partition coefficient (Wildman–Crippen LogP) is 3.26. The highest BCUT2D eigenvalue weighted by molar-refractivity contribution is 6.09. The van der Waals surface area contributed by atoms with Gasteiger partial charge in [0.05, 0.1) is 0 Å². The maximum Gasteiger partial charge on any atom is 0.231 e. The van der Waals surface area contributed by atoms with Crippen LogP contribution in [0.25, 0.3) is 0 Å². The summed E-state index contributed by atoms with van der Waals surface area (Å²) in [4.78, 5) is 12.5. The van der Waals surface area contributed by atoms with Crippen LogP contribution in [0.2, 0.25) is 0 Å². The van der Waals surface area contributed by atoms with Gasteiger partial charge >= 0.3 is 0 Å². The maximum atomic E-state index is 12.5. The zero-order chi connectivity index (χ0) is 13.4. The van der Waals surface area contributed by atoms with Crippen molar-refractivity contribution in [2.75, 3.05) is 6.79 Å². The third-order valence-corrected chi connectivity index (χ3v) is 3.12. The van der Waals surface area contributed by atoms with Crippen LogP contribution < -0.4 is 9.47 Å². The van der Waals surface area contributed by atoms with Crippen LogP contribution in [0.4, 0.5) is 0 Å². The molecule has 1 aliphatic heterocycles. The second-order valence-electron chi connectivity index (χ2n) is 4.77. The van der Waals surface area contributed by atoms with Gasteiger partial charge in [0.15, 0.2) is 17.3 Å². The fourth-order valence-corrected chi connectivity index (χ4v) is 2.31. The van der Waals surface area contributed by atoms with Crippen molar-refractivity contribution in [2.24, 2.45) is 0 Å². The molecule has 0 aromatic heterocycles. The zero-order valence-electron chi connectivity index (χ0n) is 10.9. The average Bonchev–Trinajstić information content (AvgIpc) is 2.83. The highest BCUT2D eigenvalue weighted by atomic mass is 16.7. The quantitative estimate of drug-likeness (QED) is 0.772. The summed E-state index contributed by atoms with van der Waals surface area (Å²) >= 11 is 0. The van der Waals surface area contributed by atoms with Crippen LogP contribution in [0.1, 0.15) is 27.0 Å². The van der Waals surface area contributed by atoms with Crippen molar-refractivity contribution in [1.82, 2.24) is 0 Å². The fourth-order valence-electron chi connectivity index (χ4n) is 2.31. The van der Waals surface area contributed by atoms with E-state index in [4.69, 9.17) is 9.47 Å². The first kappa shape index (κ1) is 11.8. The van der Waals surface area contributed by atoms with Crippen LogP contribution in [-0.4, -0.2) is 12.6 Å². The Balaban J connectivity index is 1.99. The third-order valence-electron chi connectivity index (χ3n) is 3.12. The van der Waals surface area contributed by atoms with Crippen molar-refractivity contribution < 1.29 is 14.3 Å². The number of rotatable bonds is 2. The SMILES string of the molecule is Cc1cc(C)cc(C(=O)c2ccc3c(c2)OCO3)c1. The van der Waals surface area contributed by atoms with Gasteiger partial charge in [-0.2, -0.15) is 0 Å². The Hall–Kier alpha value is -2.29. The van der Waals surface area contributed by atoms with Crippen LogP contribution in [0.3, 0.4) is 0 Å². The first-order chi connectivity index (χ1) is 9.13. The van der Waals surface area contributed by atoms with Crippen molar-refractivity contribution in [3.63, 3.8) is 0 Å². The van der Waals surface area contributed by atoms with Gasteiger partial charge in [0.2, 0.25) is 6.79 Å². The molecule has 96 valence electrons. The van der Waals surface area contributed by atoms with Gasteiger partial charge < -0.3 is 9.47 Å². The molecule has 0 fully saturated rings. The Morgan fingerprint density at radius 2 is 1.58 bits per heavy atom. The number of carbonyl (C=O) groups is 1. The van der Waals surface area contributed by atoms with E-state index in [1.165, 1.54) is 0 Å². The van der Waals surface area contributed by atoms with Crippen LogP contribution >= 0.6 is 0 Å². The Bertz CT molecular complexity index is 639. The summed E-state index contributed by atoms with van der Waals surface area (Å²) in [6.07, 6.45) is 0. The molecular weight excluding hydrogens is 240 g/mol. The highest BCUT2D eigenvalue weighted by Gasteiger charge is 2.17. The smallest absolute Gasteiger partial charge is 0.231 e. The Morgan fingerprint density at radius 3 is 2.32 bits per heavy atom. The molecule has 0 radical (unpaired) electrons. The topological polar surface area (TPSA) is 35.5 Å². The summed E-state index contributed by atoms with van der Waals surface area (Å²) in [5.74, 6) is 1.33. The van der Waals surface area contributed by atoms with Gasteiger partial charge in [0.25, 0.3) is 0 Å². The molecule has 0 saturated heterocycles. The number of ketones is 1. The molecular formula is C16H14O3. The molecule has 0 spiro atoms. The molecule has 0 saturated carbocycles. The first-order valence-electron chi connectivity index (χ1n) is 6.16. The monoisotopic (exact) mass is 254 g/mol. The van der Waals surface area contributed by atoms with Crippen molar-refractivity contribution >= 4 is 5.78 Å². The number of ether oxygens (including phenoxy) is 2. The van der Waals surface area contributed by atoms with Gasteiger partial charge in [-0.15, -0.1) is 0 Å². The van der Waals surface area contributed by atoms with Crippen molar-refractivity contribution in [1.29, 1.82) is 0 Å². The normalized spacial score (nSPS) is 12.5. The van der Waals surface area contributed by atoms with Crippen LogP contribution in [-0.2, 0) is 0 Å². The molecule has 1 heterocycles. The lowest BCUT2D eigenvalue weighted by molar-refractivity contribution is 0.103. The lowest BCUT2D eigenvalue weighted by atomic mass is 9.99. The van der Waals surface area contributed by atoms with Gasteiger partial charge in [0, 0.05) is 11.1 Å². The molecule has 0 atom stereocenters. The van der Waals surface area contributed by atoms with E-state index in [0.717, 1.165) is 11.1 Å². The number of hydrogen-bond donors (Lipinski definition) is 0. The number of benzene rings is 2. The highest BCUT2D eigenvalue weighted by Crippen LogP contribution is 2.33. The molecule has 3 nitrogen and oxygen atoms in total. The zero-order valence-corrected chi connectivity index (χ0v) is 10.9. The van der Waals surface area contributed by atoms with E-state index < -0.39 is 0 Å². The molecule has 3 rings (SSSR count). The van der Waals surface area contributed by atoms with Gasteiger partial charge in [-0.05, 0) is 44.2 Å². The van der Waals surface area contributed by atoms with E-state index in [-0.39, 0.29) is 12.6 Å². The molecule has 0 unspecified atom stereocenters. The minimum absolute atomic E-state index is 0.00472. The largest absolute Gasteiger partial charge is 0.454 e. The first-order valence-corrected chi connectivity index (χ1v) is 6.16. The molecule has 0 N–H and O–H groups in total. The third kappa shape index (κ3) is 2.19. The van der Waals surface area contributed by atoms with Crippen molar-refractivity contribution in [3.05, 3.63) is 58.7 Å². The molecule has 3 heteroatoms. The summed E-state index contributed by atoms with van der Waals surface area (Å²) in [5.41, 5.74) is 3.50. The standard InChI is InChI=1S/C16H14O3/c1-10-5-11(2)7-13(6-10)16(17)12-3-4-14-15(8-12)19-9-18-14/h3-8H,9H2,1-2H3. The second kappa shape index (κ2) is 4.43. The summed E-state index contributed by atoms with van der Waals surface area (Å²) in [5, 5.41) is 0.